The van der Waals surface area contributed by atoms with Crippen LogP contribution in [-0.4, -0.2) is 25.9 Å². The summed E-state index contributed by atoms with van der Waals surface area (Å²) in [6.45, 7) is 5.42. The number of hydrogen-bond acceptors (Lipinski definition) is 4. The predicted molar refractivity (Wildman–Crippen MR) is 116 cm³/mol. The Balaban J connectivity index is 1.84. The van der Waals surface area contributed by atoms with Crippen LogP contribution in [0.4, 0.5) is 23.2 Å². The number of amides is 1. The van der Waals surface area contributed by atoms with Gasteiger partial charge in [-0.1, -0.05) is 41.6 Å². The molecule has 2 aromatic carbocycles. The van der Waals surface area contributed by atoms with Crippen molar-refractivity contribution in [3.05, 3.63) is 71.5 Å². The van der Waals surface area contributed by atoms with E-state index in [1.807, 2.05) is 0 Å². The second-order valence-electron chi connectivity index (χ2n) is 6.62. The predicted octanol–water partition coefficient (Wildman–Crippen LogP) is 6.06. The first-order valence-corrected chi connectivity index (χ1v) is 10.5. The molecule has 0 radical (unpaired) electrons. The van der Waals surface area contributed by atoms with Gasteiger partial charge in [0.25, 0.3) is 0 Å². The summed E-state index contributed by atoms with van der Waals surface area (Å²) < 4.78 is 55.6. The summed E-state index contributed by atoms with van der Waals surface area (Å²) in [7, 11) is 0. The highest BCUT2D eigenvalue weighted by Gasteiger charge is 2.34. The fraction of sp³-hybridized carbons (Fsp3) is 0.190. The van der Waals surface area contributed by atoms with Crippen molar-refractivity contribution in [2.45, 2.75) is 30.1 Å². The smallest absolute Gasteiger partial charge is 0.325 e. The third-order valence-corrected chi connectivity index (χ3v) is 5.66. The van der Waals surface area contributed by atoms with Crippen molar-refractivity contribution in [3.8, 4) is 11.4 Å². The number of benzene rings is 2. The number of carbonyl (C=O) groups is 1. The second-order valence-corrected chi connectivity index (χ2v) is 8.37. The first kappa shape index (κ1) is 23.8. The maximum absolute atomic E-state index is 14.2. The minimum atomic E-state index is -4.69. The lowest BCUT2D eigenvalue weighted by Gasteiger charge is -2.16. The fourth-order valence-electron chi connectivity index (χ4n) is 2.82. The molecular formula is C21H17ClF4N4OS. The number of thioether (sulfide) groups is 1. The van der Waals surface area contributed by atoms with Gasteiger partial charge in [0.15, 0.2) is 11.0 Å². The van der Waals surface area contributed by atoms with Gasteiger partial charge in [-0.15, -0.1) is 16.8 Å². The second kappa shape index (κ2) is 9.74. The average Bonchev–Trinajstić information content (AvgIpc) is 3.11. The summed E-state index contributed by atoms with van der Waals surface area (Å²) in [5.74, 6) is -0.923. The number of nitrogens with one attached hydrogen (secondary N) is 1. The molecule has 0 spiro atoms. The van der Waals surface area contributed by atoms with Gasteiger partial charge in [-0.25, -0.2) is 4.39 Å². The topological polar surface area (TPSA) is 59.8 Å². The SMILES string of the molecule is C=CCn1c(SC(C)C(=O)Nc2ccc(Cl)cc2C(F)(F)F)nnc1-c1ccccc1F. The molecule has 32 heavy (non-hydrogen) atoms. The zero-order valence-corrected chi connectivity index (χ0v) is 18.2. The summed E-state index contributed by atoms with van der Waals surface area (Å²) in [6.07, 6.45) is -3.13. The molecule has 1 heterocycles. The van der Waals surface area contributed by atoms with Crippen LogP contribution in [0, 0.1) is 5.82 Å². The first-order chi connectivity index (χ1) is 15.1. The van der Waals surface area contributed by atoms with Crippen molar-refractivity contribution in [2.24, 2.45) is 0 Å². The first-order valence-electron chi connectivity index (χ1n) is 9.25. The Morgan fingerprint density at radius 3 is 2.66 bits per heavy atom. The number of allylic oxidation sites excluding steroid dienone is 1. The number of halogens is 5. The molecule has 3 rings (SSSR count). The van der Waals surface area contributed by atoms with Gasteiger partial charge < -0.3 is 5.32 Å². The number of alkyl halides is 3. The van der Waals surface area contributed by atoms with E-state index in [4.69, 9.17) is 11.6 Å². The summed E-state index contributed by atoms with van der Waals surface area (Å²) in [6, 6.07) is 9.12. The molecule has 3 aromatic rings. The van der Waals surface area contributed by atoms with E-state index in [2.05, 4.69) is 22.1 Å². The Labute approximate surface area is 190 Å². The molecule has 1 N–H and O–H groups in total. The molecule has 1 atom stereocenters. The minimum absolute atomic E-state index is 0.101. The van der Waals surface area contributed by atoms with Crippen molar-refractivity contribution in [3.63, 3.8) is 0 Å². The highest BCUT2D eigenvalue weighted by atomic mass is 35.5. The molecule has 0 saturated carbocycles. The highest BCUT2D eigenvalue weighted by Crippen LogP contribution is 2.37. The quantitative estimate of drug-likeness (QED) is 0.251. The summed E-state index contributed by atoms with van der Waals surface area (Å²) >= 11 is 6.65. The standard InChI is InChI=1S/C21H17ClF4N4OS/c1-3-10-30-18(14-6-4-5-7-16(14)23)28-29-20(30)32-12(2)19(31)27-17-9-8-13(22)11-15(17)21(24,25)26/h3-9,11-12H,1,10H2,2H3,(H,27,31). The lowest BCUT2D eigenvalue weighted by molar-refractivity contribution is -0.137. The fourth-order valence-corrected chi connectivity index (χ4v) is 3.85. The molecule has 0 aliphatic rings. The van der Waals surface area contributed by atoms with Crippen molar-refractivity contribution in [1.29, 1.82) is 0 Å². The van der Waals surface area contributed by atoms with Crippen molar-refractivity contribution in [1.82, 2.24) is 14.8 Å². The molecule has 11 heteroatoms. The van der Waals surface area contributed by atoms with Gasteiger partial charge >= 0.3 is 6.18 Å². The van der Waals surface area contributed by atoms with Gasteiger partial charge in [0.1, 0.15) is 5.82 Å². The van der Waals surface area contributed by atoms with E-state index < -0.39 is 34.4 Å². The molecular weight excluding hydrogens is 468 g/mol. The van der Waals surface area contributed by atoms with Crippen LogP contribution in [0.25, 0.3) is 11.4 Å². The van der Waals surface area contributed by atoms with Crippen LogP contribution < -0.4 is 5.32 Å². The number of hydrogen-bond donors (Lipinski definition) is 1. The van der Waals surface area contributed by atoms with Crippen LogP contribution in [0.1, 0.15) is 12.5 Å². The van der Waals surface area contributed by atoms with Gasteiger partial charge in [0, 0.05) is 11.6 Å². The minimum Gasteiger partial charge on any atom is -0.325 e. The molecule has 0 aliphatic carbocycles. The molecule has 0 bridgehead atoms. The lowest BCUT2D eigenvalue weighted by atomic mass is 10.1. The van der Waals surface area contributed by atoms with E-state index in [0.29, 0.717) is 0 Å². The van der Waals surface area contributed by atoms with Crippen molar-refractivity contribution in [2.75, 3.05) is 5.32 Å². The zero-order chi connectivity index (χ0) is 23.5. The molecule has 1 unspecified atom stereocenters. The van der Waals surface area contributed by atoms with Crippen LogP contribution in [0.15, 0.2) is 60.3 Å². The number of anilines is 1. The molecule has 168 valence electrons. The van der Waals surface area contributed by atoms with E-state index in [0.717, 1.165) is 23.9 Å². The third-order valence-electron chi connectivity index (χ3n) is 4.34. The number of carbonyl (C=O) groups excluding carboxylic acids is 1. The zero-order valence-electron chi connectivity index (χ0n) is 16.7. The average molecular weight is 485 g/mol. The lowest BCUT2D eigenvalue weighted by Crippen LogP contribution is -2.24. The van der Waals surface area contributed by atoms with Gasteiger partial charge in [-0.3, -0.25) is 9.36 Å². The number of aromatic nitrogens is 3. The van der Waals surface area contributed by atoms with E-state index in [-0.39, 0.29) is 28.1 Å². The van der Waals surface area contributed by atoms with Crippen LogP contribution in [0.5, 0.6) is 0 Å². The highest BCUT2D eigenvalue weighted by molar-refractivity contribution is 8.00. The van der Waals surface area contributed by atoms with E-state index in [1.165, 1.54) is 19.1 Å². The molecule has 0 aliphatic heterocycles. The number of rotatable bonds is 7. The maximum atomic E-state index is 14.2. The van der Waals surface area contributed by atoms with E-state index >= 15 is 0 Å². The van der Waals surface area contributed by atoms with Crippen LogP contribution in [0.2, 0.25) is 5.02 Å². The van der Waals surface area contributed by atoms with Gasteiger partial charge in [-0.2, -0.15) is 13.2 Å². The van der Waals surface area contributed by atoms with Crippen molar-refractivity contribution >= 4 is 35.0 Å². The monoisotopic (exact) mass is 484 g/mol. The van der Waals surface area contributed by atoms with Gasteiger partial charge in [0.2, 0.25) is 5.91 Å². The summed E-state index contributed by atoms with van der Waals surface area (Å²) in [5, 5.41) is 9.70. The van der Waals surface area contributed by atoms with Crippen LogP contribution in [0.3, 0.4) is 0 Å². The normalized spacial score (nSPS) is 12.4. The largest absolute Gasteiger partial charge is 0.418 e. The molecule has 5 nitrogen and oxygen atoms in total. The summed E-state index contributed by atoms with van der Waals surface area (Å²) in [5.41, 5.74) is -1.23. The Kier molecular flexibility index (Phi) is 7.25. The summed E-state index contributed by atoms with van der Waals surface area (Å²) in [4.78, 5) is 12.6. The van der Waals surface area contributed by atoms with Crippen LogP contribution >= 0.6 is 23.4 Å². The molecule has 0 fully saturated rings. The molecule has 0 saturated heterocycles. The third kappa shape index (κ3) is 5.31. The van der Waals surface area contributed by atoms with Crippen molar-refractivity contribution < 1.29 is 22.4 Å². The Morgan fingerprint density at radius 1 is 1.28 bits per heavy atom. The maximum Gasteiger partial charge on any atom is 0.418 e. The molecule has 1 amide bonds. The molecule has 1 aromatic heterocycles. The van der Waals surface area contributed by atoms with Gasteiger partial charge in [-0.05, 0) is 37.3 Å². The van der Waals surface area contributed by atoms with E-state index in [1.54, 1.807) is 28.8 Å². The Morgan fingerprint density at radius 2 is 2.00 bits per heavy atom. The Hall–Kier alpha value is -2.85. The van der Waals surface area contributed by atoms with E-state index in [9.17, 15) is 22.4 Å². The van der Waals surface area contributed by atoms with Gasteiger partial charge in [0.05, 0.1) is 22.1 Å². The Bertz CT molecular complexity index is 1150. The van der Waals surface area contributed by atoms with Crippen LogP contribution in [-0.2, 0) is 17.5 Å². The number of nitrogens with zero attached hydrogens (tertiary/aromatic N) is 3.